The molecule has 1 atom stereocenters. The number of anilines is 1. The van der Waals surface area contributed by atoms with Crippen LogP contribution in [-0.4, -0.2) is 33.0 Å². The zero-order valence-corrected chi connectivity index (χ0v) is 15.1. The Hall–Kier alpha value is -3.00. The van der Waals surface area contributed by atoms with Crippen LogP contribution < -0.4 is 11.1 Å². The third kappa shape index (κ3) is 3.50. The van der Waals surface area contributed by atoms with E-state index in [9.17, 15) is 14.7 Å². The van der Waals surface area contributed by atoms with Crippen LogP contribution in [0.1, 0.15) is 17.5 Å². The van der Waals surface area contributed by atoms with Gasteiger partial charge in [-0.05, 0) is 30.5 Å². The van der Waals surface area contributed by atoms with Gasteiger partial charge in [0.05, 0.1) is 11.8 Å². The van der Waals surface area contributed by atoms with Crippen molar-refractivity contribution in [2.45, 2.75) is 26.3 Å². The highest BCUT2D eigenvalue weighted by Gasteiger charge is 2.23. The SMILES string of the molecule is Cc1ccc(-c2csc3ncnc(NC(CC(N)=O)C(=O)O)c23)cc1C. The number of nitrogens with zero attached hydrogens (tertiary/aromatic N) is 2. The van der Waals surface area contributed by atoms with E-state index in [0.29, 0.717) is 5.82 Å². The normalized spacial score (nSPS) is 12.1. The van der Waals surface area contributed by atoms with Crippen molar-refractivity contribution in [1.82, 2.24) is 9.97 Å². The summed E-state index contributed by atoms with van der Waals surface area (Å²) >= 11 is 1.45. The van der Waals surface area contributed by atoms with Crippen LogP contribution in [0.5, 0.6) is 0 Å². The van der Waals surface area contributed by atoms with Gasteiger partial charge in [0.15, 0.2) is 0 Å². The maximum atomic E-state index is 11.4. The Balaban J connectivity index is 2.09. The monoisotopic (exact) mass is 370 g/mol. The lowest BCUT2D eigenvalue weighted by molar-refractivity contribution is -0.139. The molecule has 0 aliphatic heterocycles. The number of hydrogen-bond donors (Lipinski definition) is 3. The molecule has 0 bridgehead atoms. The second kappa shape index (κ2) is 7.09. The molecule has 3 aromatic rings. The molecular weight excluding hydrogens is 352 g/mol. The number of amides is 1. The molecule has 8 heteroatoms. The Kier molecular flexibility index (Phi) is 4.85. The largest absolute Gasteiger partial charge is 0.480 e. The highest BCUT2D eigenvalue weighted by atomic mass is 32.1. The number of aromatic nitrogens is 2. The topological polar surface area (TPSA) is 118 Å². The van der Waals surface area contributed by atoms with Gasteiger partial charge in [0.1, 0.15) is 23.0 Å². The predicted molar refractivity (Wildman–Crippen MR) is 101 cm³/mol. The van der Waals surface area contributed by atoms with Gasteiger partial charge in [-0.1, -0.05) is 18.2 Å². The minimum absolute atomic E-state index is 0.329. The van der Waals surface area contributed by atoms with Gasteiger partial charge in [-0.15, -0.1) is 11.3 Å². The summed E-state index contributed by atoms with van der Waals surface area (Å²) in [5.41, 5.74) is 9.42. The van der Waals surface area contributed by atoms with E-state index < -0.39 is 17.9 Å². The first kappa shape index (κ1) is 17.8. The van der Waals surface area contributed by atoms with E-state index in [1.807, 2.05) is 31.4 Å². The Morgan fingerprint density at radius 3 is 2.69 bits per heavy atom. The lowest BCUT2D eigenvalue weighted by Gasteiger charge is -2.15. The number of carboxylic acids is 1. The highest BCUT2D eigenvalue weighted by molar-refractivity contribution is 7.17. The lowest BCUT2D eigenvalue weighted by atomic mass is 10.0. The number of aliphatic carboxylic acids is 1. The smallest absolute Gasteiger partial charge is 0.326 e. The van der Waals surface area contributed by atoms with E-state index >= 15 is 0 Å². The summed E-state index contributed by atoms with van der Waals surface area (Å²) in [4.78, 5) is 31.8. The van der Waals surface area contributed by atoms with Crippen molar-refractivity contribution in [2.75, 3.05) is 5.32 Å². The maximum Gasteiger partial charge on any atom is 0.326 e. The molecule has 0 radical (unpaired) electrons. The Morgan fingerprint density at radius 2 is 2.04 bits per heavy atom. The van der Waals surface area contributed by atoms with Crippen molar-refractivity contribution in [3.63, 3.8) is 0 Å². The standard InChI is InChI=1S/C18H18N4O3S/c1-9-3-4-11(5-10(9)2)12-7-26-17-15(12)16(20-8-21-17)22-13(18(24)25)6-14(19)23/h3-5,7-8,13H,6H2,1-2H3,(H2,19,23)(H,24,25)(H,20,21,22). The summed E-state index contributed by atoms with van der Waals surface area (Å²) < 4.78 is 0. The second-order valence-electron chi connectivity index (χ2n) is 6.06. The van der Waals surface area contributed by atoms with Crippen LogP contribution in [0.25, 0.3) is 21.3 Å². The first-order valence-corrected chi connectivity index (χ1v) is 8.82. The summed E-state index contributed by atoms with van der Waals surface area (Å²) in [5, 5.41) is 14.9. The molecule has 1 unspecified atom stereocenters. The Bertz CT molecular complexity index is 999. The van der Waals surface area contributed by atoms with E-state index in [0.717, 1.165) is 26.9 Å². The van der Waals surface area contributed by atoms with E-state index in [1.165, 1.54) is 23.2 Å². The molecule has 0 aliphatic carbocycles. The van der Waals surface area contributed by atoms with Gasteiger partial charge < -0.3 is 16.2 Å². The Labute approximate surface area is 153 Å². The first-order chi connectivity index (χ1) is 12.4. The molecule has 0 spiro atoms. The number of aryl methyl sites for hydroxylation is 2. The number of primary amides is 1. The third-order valence-electron chi connectivity index (χ3n) is 4.20. The van der Waals surface area contributed by atoms with E-state index in [1.54, 1.807) is 0 Å². The van der Waals surface area contributed by atoms with Gasteiger partial charge in [-0.3, -0.25) is 4.79 Å². The molecule has 3 rings (SSSR count). The number of nitrogens with two attached hydrogens (primary N) is 1. The zero-order valence-electron chi connectivity index (χ0n) is 14.3. The predicted octanol–water partition coefficient (Wildman–Crippen LogP) is 2.72. The van der Waals surface area contributed by atoms with Crippen LogP contribution in [0.15, 0.2) is 29.9 Å². The number of nitrogens with one attached hydrogen (secondary N) is 1. The van der Waals surface area contributed by atoms with Crippen LogP contribution >= 0.6 is 11.3 Å². The summed E-state index contributed by atoms with van der Waals surface area (Å²) in [5.74, 6) is -1.49. The minimum Gasteiger partial charge on any atom is -0.480 e. The van der Waals surface area contributed by atoms with E-state index in [2.05, 4.69) is 21.4 Å². The Morgan fingerprint density at radius 1 is 1.27 bits per heavy atom. The number of carboxylic acid groups (broad SMARTS) is 1. The van der Waals surface area contributed by atoms with E-state index in [4.69, 9.17) is 5.73 Å². The number of rotatable bonds is 6. The van der Waals surface area contributed by atoms with Crippen molar-refractivity contribution < 1.29 is 14.7 Å². The molecule has 134 valence electrons. The number of thiophene rings is 1. The molecule has 4 N–H and O–H groups in total. The van der Waals surface area contributed by atoms with Crippen LogP contribution in [-0.2, 0) is 9.59 Å². The minimum atomic E-state index is -1.17. The quantitative estimate of drug-likeness (QED) is 0.614. The molecule has 2 heterocycles. The van der Waals surface area contributed by atoms with Gasteiger partial charge in [0.2, 0.25) is 5.91 Å². The summed E-state index contributed by atoms with van der Waals surface area (Å²) in [6.07, 6.45) is 1.04. The van der Waals surface area contributed by atoms with Gasteiger partial charge in [-0.2, -0.15) is 0 Å². The van der Waals surface area contributed by atoms with Crippen LogP contribution in [0.4, 0.5) is 5.82 Å². The molecule has 0 saturated carbocycles. The zero-order chi connectivity index (χ0) is 18.8. The van der Waals surface area contributed by atoms with Crippen molar-refractivity contribution in [2.24, 2.45) is 5.73 Å². The lowest BCUT2D eigenvalue weighted by Crippen LogP contribution is -2.34. The average Bonchev–Trinajstić information content (AvgIpc) is 3.01. The van der Waals surface area contributed by atoms with Crippen molar-refractivity contribution in [3.8, 4) is 11.1 Å². The van der Waals surface area contributed by atoms with Crippen molar-refractivity contribution in [3.05, 3.63) is 41.0 Å². The van der Waals surface area contributed by atoms with Crippen LogP contribution in [0.2, 0.25) is 0 Å². The molecule has 7 nitrogen and oxygen atoms in total. The number of carbonyl (C=O) groups is 2. The summed E-state index contributed by atoms with van der Waals surface area (Å²) in [6.45, 7) is 4.08. The van der Waals surface area contributed by atoms with Crippen LogP contribution in [0, 0.1) is 13.8 Å². The molecule has 26 heavy (non-hydrogen) atoms. The second-order valence-corrected chi connectivity index (χ2v) is 6.91. The van der Waals surface area contributed by atoms with Crippen LogP contribution in [0.3, 0.4) is 0 Å². The number of hydrogen-bond acceptors (Lipinski definition) is 6. The first-order valence-electron chi connectivity index (χ1n) is 7.94. The average molecular weight is 370 g/mol. The molecule has 1 amide bonds. The van der Waals surface area contributed by atoms with Crippen molar-refractivity contribution in [1.29, 1.82) is 0 Å². The number of fused-ring (bicyclic) bond motifs is 1. The van der Waals surface area contributed by atoms with Crippen molar-refractivity contribution >= 4 is 39.2 Å². The fourth-order valence-corrected chi connectivity index (χ4v) is 3.59. The highest BCUT2D eigenvalue weighted by Crippen LogP contribution is 2.37. The third-order valence-corrected chi connectivity index (χ3v) is 5.09. The van der Waals surface area contributed by atoms with E-state index in [-0.39, 0.29) is 6.42 Å². The molecule has 0 aliphatic rings. The molecular formula is C18H18N4O3S. The van der Waals surface area contributed by atoms with Gasteiger partial charge in [0.25, 0.3) is 0 Å². The van der Waals surface area contributed by atoms with Gasteiger partial charge in [-0.25, -0.2) is 14.8 Å². The fourth-order valence-electron chi connectivity index (χ4n) is 2.67. The molecule has 0 saturated heterocycles. The van der Waals surface area contributed by atoms with Gasteiger partial charge in [0, 0.05) is 10.9 Å². The van der Waals surface area contributed by atoms with Gasteiger partial charge >= 0.3 is 5.97 Å². The summed E-state index contributed by atoms with van der Waals surface area (Å²) in [7, 11) is 0. The number of benzene rings is 1. The molecule has 0 fully saturated rings. The molecule has 2 aromatic heterocycles. The maximum absolute atomic E-state index is 11.4. The molecule has 1 aromatic carbocycles. The fraction of sp³-hybridized carbons (Fsp3) is 0.222. The number of carbonyl (C=O) groups excluding carboxylic acids is 1. The summed E-state index contributed by atoms with van der Waals surface area (Å²) in [6, 6.07) is 4.97.